The fourth-order valence-electron chi connectivity index (χ4n) is 2.88. The first-order valence-electron chi connectivity index (χ1n) is 8.48. The van der Waals surface area contributed by atoms with Crippen LogP contribution >= 0.6 is 0 Å². The van der Waals surface area contributed by atoms with E-state index in [2.05, 4.69) is 30.8 Å². The summed E-state index contributed by atoms with van der Waals surface area (Å²) >= 11 is 0. The molecule has 4 rings (SSSR count). The zero-order chi connectivity index (χ0) is 19.3. The van der Waals surface area contributed by atoms with Gasteiger partial charge in [-0.2, -0.15) is 0 Å². The van der Waals surface area contributed by atoms with Crippen molar-refractivity contribution in [3.8, 4) is 22.5 Å². The Labute approximate surface area is 161 Å². The first kappa shape index (κ1) is 17.2. The zero-order valence-corrected chi connectivity index (χ0v) is 14.8. The van der Waals surface area contributed by atoms with Gasteiger partial charge in [0.05, 0.1) is 23.8 Å². The molecule has 0 bridgehead atoms. The Bertz CT molecular complexity index is 1140. The predicted molar refractivity (Wildman–Crippen MR) is 108 cm³/mol. The molecule has 2 aromatic heterocycles. The third-order valence-corrected chi connectivity index (χ3v) is 4.18. The minimum atomic E-state index is 0.400. The Morgan fingerprint density at radius 2 is 1.36 bits per heavy atom. The Hall–Kier alpha value is -4.20. The topological polar surface area (TPSA) is 129 Å². The van der Waals surface area contributed by atoms with E-state index in [1.807, 2.05) is 60.7 Å². The molecule has 0 spiro atoms. The molecule has 0 aliphatic carbocycles. The molecule has 4 N–H and O–H groups in total. The molecule has 28 heavy (non-hydrogen) atoms. The first-order valence-corrected chi connectivity index (χ1v) is 8.48. The van der Waals surface area contributed by atoms with Gasteiger partial charge >= 0.3 is 0 Å². The van der Waals surface area contributed by atoms with Crippen molar-refractivity contribution < 1.29 is 0 Å². The van der Waals surface area contributed by atoms with Gasteiger partial charge in [-0.3, -0.25) is 0 Å². The van der Waals surface area contributed by atoms with Crippen LogP contribution in [0.1, 0.15) is 11.1 Å². The van der Waals surface area contributed by atoms with E-state index in [0.29, 0.717) is 22.8 Å². The highest BCUT2D eigenvalue weighted by Gasteiger charge is 2.18. The van der Waals surface area contributed by atoms with Crippen LogP contribution in [-0.2, 0) is 0 Å². The van der Waals surface area contributed by atoms with Gasteiger partial charge in [0, 0.05) is 11.1 Å². The fraction of sp³-hybridized carbons (Fsp3) is 0. The summed E-state index contributed by atoms with van der Waals surface area (Å²) in [4.78, 5) is 0. The summed E-state index contributed by atoms with van der Waals surface area (Å²) in [5.74, 6) is 0. The van der Waals surface area contributed by atoms with E-state index >= 15 is 0 Å². The van der Waals surface area contributed by atoms with Gasteiger partial charge in [-0.25, -0.2) is 0 Å². The van der Waals surface area contributed by atoms with Gasteiger partial charge in [-0.1, -0.05) is 60.7 Å². The Morgan fingerprint density at radius 1 is 0.679 bits per heavy atom. The zero-order valence-electron chi connectivity index (χ0n) is 14.8. The molecule has 0 radical (unpaired) electrons. The molecule has 0 atom stereocenters. The summed E-state index contributed by atoms with van der Waals surface area (Å²) in [6.07, 6.45) is 6.92. The van der Waals surface area contributed by atoms with Crippen LogP contribution in [0.2, 0.25) is 0 Å². The molecule has 0 saturated carbocycles. The van der Waals surface area contributed by atoms with Gasteiger partial charge in [-0.05, 0) is 21.6 Å². The molecule has 8 heteroatoms. The SMILES string of the molecule is Nc1cnnnc1-c1cccc(C=Cc2ccccc2)c1-c1nnncc1N. The van der Waals surface area contributed by atoms with Crippen molar-refractivity contribution >= 4 is 23.5 Å². The van der Waals surface area contributed by atoms with Crippen molar-refractivity contribution in [2.24, 2.45) is 0 Å². The number of hydrogen-bond donors (Lipinski definition) is 2. The average molecular weight is 368 g/mol. The summed E-state index contributed by atoms with van der Waals surface area (Å²) in [5.41, 5.74) is 17.5. The molecule has 2 heterocycles. The van der Waals surface area contributed by atoms with Crippen LogP contribution in [-0.4, -0.2) is 30.8 Å². The molecule has 0 unspecified atom stereocenters. The Balaban J connectivity index is 1.94. The second kappa shape index (κ2) is 7.58. The van der Waals surface area contributed by atoms with Crippen LogP contribution in [0.25, 0.3) is 34.7 Å². The molecule has 0 aliphatic rings. The lowest BCUT2D eigenvalue weighted by molar-refractivity contribution is 0.869. The van der Waals surface area contributed by atoms with E-state index in [4.69, 9.17) is 11.5 Å². The average Bonchev–Trinajstić information content (AvgIpc) is 2.74. The molecule has 0 saturated heterocycles. The summed E-state index contributed by atoms with van der Waals surface area (Å²) in [5, 5.41) is 23.2. The lowest BCUT2D eigenvalue weighted by Crippen LogP contribution is -2.03. The van der Waals surface area contributed by atoms with Crippen LogP contribution in [0.15, 0.2) is 60.9 Å². The van der Waals surface area contributed by atoms with E-state index in [-0.39, 0.29) is 0 Å². The minimum absolute atomic E-state index is 0.400. The van der Waals surface area contributed by atoms with Crippen LogP contribution in [0.5, 0.6) is 0 Å². The van der Waals surface area contributed by atoms with E-state index in [9.17, 15) is 0 Å². The van der Waals surface area contributed by atoms with Crippen molar-refractivity contribution in [2.75, 3.05) is 11.5 Å². The second-order valence-electron chi connectivity index (χ2n) is 5.99. The summed E-state index contributed by atoms with van der Waals surface area (Å²) in [6, 6.07) is 15.7. The van der Waals surface area contributed by atoms with E-state index in [0.717, 1.165) is 22.3 Å². The molecular weight excluding hydrogens is 352 g/mol. The van der Waals surface area contributed by atoms with Gasteiger partial charge in [0.25, 0.3) is 0 Å². The highest BCUT2D eigenvalue weighted by atomic mass is 15.3. The van der Waals surface area contributed by atoms with E-state index < -0.39 is 0 Å². The highest BCUT2D eigenvalue weighted by Crippen LogP contribution is 2.37. The summed E-state index contributed by atoms with van der Waals surface area (Å²) in [7, 11) is 0. The smallest absolute Gasteiger partial charge is 0.121 e. The number of anilines is 2. The number of aromatic nitrogens is 6. The van der Waals surface area contributed by atoms with Crippen molar-refractivity contribution in [3.63, 3.8) is 0 Å². The normalized spacial score (nSPS) is 11.0. The monoisotopic (exact) mass is 368 g/mol. The maximum atomic E-state index is 6.15. The molecular formula is C20H16N8. The maximum absolute atomic E-state index is 6.15. The quantitative estimate of drug-likeness (QED) is 0.526. The summed E-state index contributed by atoms with van der Waals surface area (Å²) < 4.78 is 0. The first-order chi connectivity index (χ1) is 13.7. The standard InChI is InChI=1S/C20H16N8/c21-16-11-23-27-25-19(16)15-8-4-7-14(10-9-13-5-2-1-3-6-13)18(15)20-17(22)12-24-28-26-20/h1-12H,(H2,21,27)(H2,22,28). The van der Waals surface area contributed by atoms with Crippen molar-refractivity contribution in [1.29, 1.82) is 0 Å². The number of nitrogens with zero attached hydrogens (tertiary/aromatic N) is 6. The molecule has 0 fully saturated rings. The minimum Gasteiger partial charge on any atom is -0.396 e. The Morgan fingerprint density at radius 3 is 2.04 bits per heavy atom. The molecule has 136 valence electrons. The second-order valence-corrected chi connectivity index (χ2v) is 5.99. The molecule has 0 aliphatic heterocycles. The van der Waals surface area contributed by atoms with Gasteiger partial charge < -0.3 is 11.5 Å². The van der Waals surface area contributed by atoms with Crippen molar-refractivity contribution in [3.05, 3.63) is 72.1 Å². The highest BCUT2D eigenvalue weighted by molar-refractivity contribution is 5.94. The van der Waals surface area contributed by atoms with Crippen LogP contribution in [0.3, 0.4) is 0 Å². The van der Waals surface area contributed by atoms with Crippen molar-refractivity contribution in [2.45, 2.75) is 0 Å². The van der Waals surface area contributed by atoms with E-state index in [1.165, 1.54) is 12.4 Å². The lowest BCUT2D eigenvalue weighted by Gasteiger charge is -2.13. The number of benzene rings is 2. The van der Waals surface area contributed by atoms with Crippen LogP contribution in [0, 0.1) is 0 Å². The third kappa shape index (κ3) is 3.38. The number of rotatable bonds is 4. The van der Waals surface area contributed by atoms with Crippen molar-refractivity contribution in [1.82, 2.24) is 30.8 Å². The predicted octanol–water partition coefficient (Wildman–Crippen LogP) is 2.73. The largest absolute Gasteiger partial charge is 0.396 e. The fourth-order valence-corrected chi connectivity index (χ4v) is 2.88. The summed E-state index contributed by atoms with van der Waals surface area (Å²) in [6.45, 7) is 0. The number of hydrogen-bond acceptors (Lipinski definition) is 8. The van der Waals surface area contributed by atoms with E-state index in [1.54, 1.807) is 0 Å². The Kier molecular flexibility index (Phi) is 4.67. The lowest BCUT2D eigenvalue weighted by atomic mass is 9.94. The van der Waals surface area contributed by atoms with Gasteiger partial charge in [-0.15, -0.1) is 20.4 Å². The molecule has 0 amide bonds. The van der Waals surface area contributed by atoms with Gasteiger partial charge in [0.1, 0.15) is 11.4 Å². The third-order valence-electron chi connectivity index (χ3n) is 4.18. The molecule has 2 aromatic carbocycles. The molecule has 8 nitrogen and oxygen atoms in total. The van der Waals surface area contributed by atoms with Crippen LogP contribution < -0.4 is 11.5 Å². The number of nitrogen functional groups attached to an aromatic ring is 2. The van der Waals surface area contributed by atoms with Gasteiger partial charge in [0.15, 0.2) is 0 Å². The number of nitrogens with two attached hydrogens (primary N) is 2. The van der Waals surface area contributed by atoms with Crippen LogP contribution in [0.4, 0.5) is 11.4 Å². The van der Waals surface area contributed by atoms with Gasteiger partial charge in [0.2, 0.25) is 0 Å². The maximum Gasteiger partial charge on any atom is 0.121 e. The molecule has 4 aromatic rings.